The number of carbonyl (C=O) groups is 1. The van der Waals surface area contributed by atoms with Crippen molar-refractivity contribution in [1.29, 1.82) is 0 Å². The molecule has 10 nitrogen and oxygen atoms in total. The van der Waals surface area contributed by atoms with Crippen molar-refractivity contribution >= 4 is 49.7 Å². The fourth-order valence-electron chi connectivity index (χ4n) is 5.81. The van der Waals surface area contributed by atoms with Crippen LogP contribution in [-0.2, 0) is 14.6 Å². The number of anilines is 1. The number of amides is 1. The lowest BCUT2D eigenvalue weighted by Gasteiger charge is -2.48. The largest absolute Gasteiger partial charge is 0.368 e. The second kappa shape index (κ2) is 9.48. The fourth-order valence-corrected chi connectivity index (χ4v) is 7.24. The third kappa shape index (κ3) is 4.00. The molecule has 2 aliphatic rings. The summed E-state index contributed by atoms with van der Waals surface area (Å²) >= 11 is 6.37. The van der Waals surface area contributed by atoms with Crippen LogP contribution >= 0.6 is 11.6 Å². The maximum atomic E-state index is 13.5. The topological polar surface area (TPSA) is 127 Å². The lowest BCUT2D eigenvalue weighted by atomic mass is 9.83. The summed E-state index contributed by atoms with van der Waals surface area (Å²) in [6, 6.07) is 13.4. The second-order valence-electron chi connectivity index (χ2n) is 9.97. The number of likely N-dealkylation sites (tertiary alicyclic amines) is 1. The first kappa shape index (κ1) is 25.0. The van der Waals surface area contributed by atoms with Crippen molar-refractivity contribution in [2.24, 2.45) is 5.73 Å². The number of rotatable bonds is 5. The molecule has 1 amide bonds. The van der Waals surface area contributed by atoms with Crippen molar-refractivity contribution in [2.45, 2.75) is 47.6 Å². The molecule has 0 atom stereocenters. The number of nitrogens with zero attached hydrogens (tertiary/aromatic N) is 6. The number of piperidine rings is 2. The first-order chi connectivity index (χ1) is 18.3. The summed E-state index contributed by atoms with van der Waals surface area (Å²) in [6.45, 7) is 2.81. The molecule has 4 heterocycles. The summed E-state index contributed by atoms with van der Waals surface area (Å²) < 4.78 is 28.4. The molecule has 2 aromatic carbocycles. The molecule has 2 N–H and O–H groups in total. The summed E-state index contributed by atoms with van der Waals surface area (Å²) in [5, 5.41) is 9.25. The Balaban J connectivity index is 1.45. The van der Waals surface area contributed by atoms with E-state index in [9.17, 15) is 13.2 Å². The van der Waals surface area contributed by atoms with Crippen LogP contribution in [0.15, 0.2) is 58.5 Å². The van der Waals surface area contributed by atoms with Gasteiger partial charge in [0.1, 0.15) is 11.4 Å². The number of nitrogens with two attached hydrogens (primary N) is 1. The van der Waals surface area contributed by atoms with Crippen LogP contribution in [0, 0.1) is 0 Å². The highest BCUT2D eigenvalue weighted by Gasteiger charge is 2.45. The normalized spacial score (nSPS) is 18.7. The van der Waals surface area contributed by atoms with Crippen LogP contribution in [0.2, 0.25) is 5.02 Å². The Hall–Kier alpha value is -3.28. The van der Waals surface area contributed by atoms with Crippen molar-refractivity contribution in [3.05, 3.63) is 53.6 Å². The number of hydrogen-bond acceptors (Lipinski definition) is 8. The van der Waals surface area contributed by atoms with E-state index in [1.165, 1.54) is 23.1 Å². The van der Waals surface area contributed by atoms with Gasteiger partial charge < -0.3 is 10.6 Å². The summed E-state index contributed by atoms with van der Waals surface area (Å²) in [5.74, 6) is 0.296. The van der Waals surface area contributed by atoms with Crippen LogP contribution in [0.25, 0.3) is 16.6 Å². The van der Waals surface area contributed by atoms with E-state index in [1.54, 1.807) is 36.4 Å². The Morgan fingerprint density at radius 3 is 2.37 bits per heavy atom. The predicted octanol–water partition coefficient (Wildman–Crippen LogP) is 3.07. The van der Waals surface area contributed by atoms with Crippen LogP contribution in [0.1, 0.15) is 32.1 Å². The van der Waals surface area contributed by atoms with Gasteiger partial charge in [0.25, 0.3) is 0 Å². The summed E-state index contributed by atoms with van der Waals surface area (Å²) in [7, 11) is -3.96. The maximum absolute atomic E-state index is 13.5. The molecular weight excluding hydrogens is 526 g/mol. The molecule has 0 unspecified atom stereocenters. The zero-order chi connectivity index (χ0) is 26.5. The first-order valence-corrected chi connectivity index (χ1v) is 14.6. The van der Waals surface area contributed by atoms with Gasteiger partial charge >= 0.3 is 0 Å². The van der Waals surface area contributed by atoms with E-state index < -0.39 is 15.4 Å². The van der Waals surface area contributed by atoms with E-state index in [0.717, 1.165) is 31.3 Å². The predicted molar refractivity (Wildman–Crippen MR) is 144 cm³/mol. The Kier molecular flexibility index (Phi) is 6.24. The minimum atomic E-state index is -3.96. The molecule has 0 radical (unpaired) electrons. The number of aromatic nitrogens is 4. The molecule has 2 aromatic heterocycles. The van der Waals surface area contributed by atoms with Gasteiger partial charge in [-0.1, -0.05) is 41.4 Å². The summed E-state index contributed by atoms with van der Waals surface area (Å²) in [5.41, 5.74) is 6.08. The number of sulfone groups is 1. The molecule has 12 heteroatoms. The molecule has 0 spiro atoms. The Labute approximate surface area is 225 Å². The molecule has 0 aliphatic carbocycles. The number of benzene rings is 2. The highest BCUT2D eigenvalue weighted by atomic mass is 35.5. The van der Waals surface area contributed by atoms with Crippen LogP contribution in [0.5, 0.6) is 0 Å². The van der Waals surface area contributed by atoms with Crippen LogP contribution in [-0.4, -0.2) is 70.8 Å². The molecule has 4 aromatic rings. The molecule has 2 saturated heterocycles. The molecular formula is C26H28ClN7O3S. The van der Waals surface area contributed by atoms with Gasteiger partial charge in [0.05, 0.1) is 10.4 Å². The van der Waals surface area contributed by atoms with Crippen molar-refractivity contribution in [3.8, 4) is 0 Å². The average Bonchev–Trinajstić information content (AvgIpc) is 3.38. The SMILES string of the molecule is NC(=O)C1(N2CCCCC2)CCN(c2nc3c(S(=O)(=O)c4ccccc4)nnn3c3ccc(Cl)cc23)CC1. The van der Waals surface area contributed by atoms with Crippen molar-refractivity contribution in [3.63, 3.8) is 0 Å². The third-order valence-corrected chi connectivity index (χ3v) is 9.78. The molecule has 0 bridgehead atoms. The number of primary amides is 1. The van der Waals surface area contributed by atoms with E-state index in [2.05, 4.69) is 20.1 Å². The van der Waals surface area contributed by atoms with Crippen molar-refractivity contribution < 1.29 is 13.2 Å². The minimum Gasteiger partial charge on any atom is -0.368 e. The monoisotopic (exact) mass is 553 g/mol. The average molecular weight is 554 g/mol. The molecule has 2 fully saturated rings. The van der Waals surface area contributed by atoms with E-state index >= 15 is 0 Å². The highest BCUT2D eigenvalue weighted by molar-refractivity contribution is 7.91. The molecule has 0 saturated carbocycles. The van der Waals surface area contributed by atoms with E-state index in [-0.39, 0.29) is 21.5 Å². The number of hydrogen-bond donors (Lipinski definition) is 1. The first-order valence-electron chi connectivity index (χ1n) is 12.8. The zero-order valence-corrected chi connectivity index (χ0v) is 22.3. The van der Waals surface area contributed by atoms with E-state index in [4.69, 9.17) is 22.3 Å². The molecule has 198 valence electrons. The minimum absolute atomic E-state index is 0.118. The Morgan fingerprint density at radius 2 is 1.68 bits per heavy atom. The summed E-state index contributed by atoms with van der Waals surface area (Å²) in [6.07, 6.45) is 4.41. The Bertz CT molecular complexity index is 1630. The number of halogens is 1. The zero-order valence-electron chi connectivity index (χ0n) is 20.8. The smallest absolute Gasteiger partial charge is 0.238 e. The number of carbonyl (C=O) groups excluding carboxylic acids is 1. The molecule has 2 aliphatic heterocycles. The van der Waals surface area contributed by atoms with Crippen molar-refractivity contribution in [2.75, 3.05) is 31.1 Å². The van der Waals surface area contributed by atoms with Gasteiger partial charge in [-0.25, -0.2) is 13.4 Å². The third-order valence-electron chi connectivity index (χ3n) is 7.87. The van der Waals surface area contributed by atoms with E-state index in [0.29, 0.717) is 42.3 Å². The maximum Gasteiger partial charge on any atom is 0.238 e. The van der Waals surface area contributed by atoms with Crippen LogP contribution in [0.4, 0.5) is 5.82 Å². The van der Waals surface area contributed by atoms with Gasteiger partial charge in [-0.3, -0.25) is 9.69 Å². The second-order valence-corrected chi connectivity index (χ2v) is 12.3. The lowest BCUT2D eigenvalue weighted by Crippen LogP contribution is -2.63. The van der Waals surface area contributed by atoms with Crippen molar-refractivity contribution in [1.82, 2.24) is 24.7 Å². The quantitative estimate of drug-likeness (QED) is 0.399. The fraction of sp³-hybridized carbons (Fsp3) is 0.385. The van der Waals surface area contributed by atoms with Gasteiger partial charge in [-0.05, 0) is 69.1 Å². The van der Waals surface area contributed by atoms with Crippen LogP contribution < -0.4 is 10.6 Å². The van der Waals surface area contributed by atoms with Gasteiger partial charge in [0.15, 0.2) is 5.65 Å². The van der Waals surface area contributed by atoms with Crippen LogP contribution in [0.3, 0.4) is 0 Å². The van der Waals surface area contributed by atoms with Gasteiger partial charge in [0.2, 0.25) is 20.8 Å². The standard InChI is InChI=1S/C26H28ClN7O3S/c27-18-9-10-21-20(17-18)22(32-15-11-26(12-16-32,25(28)35)33-13-5-2-6-14-33)29-23-24(30-31-34(21)23)38(36,37)19-7-3-1-4-8-19/h1,3-4,7-10,17H,2,5-6,11-16H2,(H2,28,35). The lowest BCUT2D eigenvalue weighted by molar-refractivity contribution is -0.132. The van der Waals surface area contributed by atoms with Gasteiger partial charge in [0, 0.05) is 23.5 Å². The van der Waals surface area contributed by atoms with E-state index in [1.807, 2.05) is 0 Å². The molecule has 6 rings (SSSR count). The molecule has 38 heavy (non-hydrogen) atoms. The van der Waals surface area contributed by atoms with Gasteiger partial charge in [-0.15, -0.1) is 5.10 Å². The number of fused-ring (bicyclic) bond motifs is 3. The summed E-state index contributed by atoms with van der Waals surface area (Å²) in [4.78, 5) is 22.0. The highest BCUT2D eigenvalue weighted by Crippen LogP contribution is 2.37. The van der Waals surface area contributed by atoms with Gasteiger partial charge in [-0.2, -0.15) is 4.52 Å². The Morgan fingerprint density at radius 1 is 0.974 bits per heavy atom.